The van der Waals surface area contributed by atoms with Crippen molar-refractivity contribution in [3.63, 3.8) is 0 Å². The van der Waals surface area contributed by atoms with Gasteiger partial charge in [-0.15, -0.1) is 0 Å². The molecular formula is C11H21FSe. The van der Waals surface area contributed by atoms with Crippen molar-refractivity contribution in [1.82, 2.24) is 0 Å². The van der Waals surface area contributed by atoms with Crippen LogP contribution in [-0.2, 0) is 0 Å². The Hall–Kier alpha value is 0.189. The van der Waals surface area contributed by atoms with E-state index in [4.69, 9.17) is 0 Å². The van der Waals surface area contributed by atoms with Gasteiger partial charge in [-0.2, -0.15) is 0 Å². The van der Waals surface area contributed by atoms with Crippen LogP contribution in [-0.4, -0.2) is 15.0 Å². The SMILES string of the molecule is CCCC/C(F)=C(/CCCC)[Se]C. The Morgan fingerprint density at radius 3 is 2.08 bits per heavy atom. The summed E-state index contributed by atoms with van der Waals surface area (Å²) in [6, 6.07) is 0. The zero-order valence-corrected chi connectivity index (χ0v) is 10.7. The molecule has 0 unspecified atom stereocenters. The monoisotopic (exact) mass is 252 g/mol. The van der Waals surface area contributed by atoms with Crippen LogP contribution in [0, 0.1) is 0 Å². The molecule has 13 heavy (non-hydrogen) atoms. The van der Waals surface area contributed by atoms with Crippen LogP contribution in [0.25, 0.3) is 0 Å². The molecule has 0 aromatic heterocycles. The summed E-state index contributed by atoms with van der Waals surface area (Å²) in [4.78, 5) is 0. The Balaban J connectivity index is 3.97. The number of hydrogen-bond acceptors (Lipinski definition) is 0. The number of allylic oxidation sites excluding steroid dienone is 2. The Labute approximate surface area is 88.1 Å². The van der Waals surface area contributed by atoms with Crippen molar-refractivity contribution in [2.24, 2.45) is 0 Å². The summed E-state index contributed by atoms with van der Waals surface area (Å²) in [6.07, 6.45) is 6.06. The molecule has 0 N–H and O–H groups in total. The normalized spacial score (nSPS) is 12.9. The maximum atomic E-state index is 13.5. The van der Waals surface area contributed by atoms with E-state index in [0.29, 0.717) is 21.4 Å². The van der Waals surface area contributed by atoms with Gasteiger partial charge in [-0.25, -0.2) is 0 Å². The Morgan fingerprint density at radius 1 is 1.08 bits per heavy atom. The molecular weight excluding hydrogens is 230 g/mol. The van der Waals surface area contributed by atoms with E-state index < -0.39 is 0 Å². The van der Waals surface area contributed by atoms with Crippen LogP contribution >= 0.6 is 0 Å². The summed E-state index contributed by atoms with van der Waals surface area (Å²) >= 11 is 0.368. The Morgan fingerprint density at radius 2 is 1.62 bits per heavy atom. The van der Waals surface area contributed by atoms with Gasteiger partial charge in [0.15, 0.2) is 0 Å². The van der Waals surface area contributed by atoms with Crippen molar-refractivity contribution in [2.45, 2.75) is 58.2 Å². The van der Waals surface area contributed by atoms with Crippen molar-refractivity contribution in [3.05, 3.63) is 10.3 Å². The van der Waals surface area contributed by atoms with Gasteiger partial charge < -0.3 is 0 Å². The Bertz CT molecular complexity index is 152. The molecule has 0 aliphatic carbocycles. The third-order valence-electron chi connectivity index (χ3n) is 2.06. The quantitative estimate of drug-likeness (QED) is 0.592. The van der Waals surface area contributed by atoms with Crippen molar-refractivity contribution >= 4 is 15.0 Å². The van der Waals surface area contributed by atoms with E-state index >= 15 is 0 Å². The molecule has 0 aromatic carbocycles. The number of rotatable bonds is 7. The number of halogens is 1. The van der Waals surface area contributed by atoms with Crippen LogP contribution in [0.5, 0.6) is 0 Å². The van der Waals surface area contributed by atoms with Gasteiger partial charge in [0, 0.05) is 0 Å². The first-order chi connectivity index (χ1) is 6.26. The van der Waals surface area contributed by atoms with Gasteiger partial charge in [0.25, 0.3) is 0 Å². The van der Waals surface area contributed by atoms with E-state index in [1.165, 1.54) is 6.42 Å². The zero-order chi connectivity index (χ0) is 10.1. The predicted octanol–water partition coefficient (Wildman–Crippen LogP) is 4.30. The molecule has 0 aromatic rings. The van der Waals surface area contributed by atoms with E-state index in [1.54, 1.807) is 0 Å². The molecule has 0 rings (SSSR count). The average Bonchev–Trinajstić information content (AvgIpc) is 2.16. The van der Waals surface area contributed by atoms with E-state index in [9.17, 15) is 4.39 Å². The molecule has 0 saturated heterocycles. The Kier molecular flexibility index (Phi) is 8.90. The van der Waals surface area contributed by atoms with Crippen molar-refractivity contribution in [2.75, 3.05) is 0 Å². The maximum absolute atomic E-state index is 13.5. The van der Waals surface area contributed by atoms with E-state index in [0.717, 1.165) is 30.2 Å². The van der Waals surface area contributed by atoms with Gasteiger partial charge in [0.05, 0.1) is 0 Å². The molecule has 2 heteroatoms. The summed E-state index contributed by atoms with van der Waals surface area (Å²) in [5.41, 5.74) is 0. The molecule has 0 bridgehead atoms. The van der Waals surface area contributed by atoms with Crippen LogP contribution < -0.4 is 0 Å². The standard InChI is InChI=1S/C11H21FSe/c1-4-6-8-10(12)11(13-3)9-7-5-2/h4-9H2,1-3H3/b11-10+. The summed E-state index contributed by atoms with van der Waals surface area (Å²) < 4.78 is 14.6. The first-order valence-electron chi connectivity index (χ1n) is 5.17. The minimum atomic E-state index is 0.192. The third kappa shape index (κ3) is 6.29. The molecule has 0 aliphatic heterocycles. The molecule has 0 radical (unpaired) electrons. The van der Waals surface area contributed by atoms with Crippen LogP contribution in [0.1, 0.15) is 52.4 Å². The molecule has 0 aliphatic rings. The van der Waals surface area contributed by atoms with Gasteiger partial charge >= 0.3 is 87.8 Å². The van der Waals surface area contributed by atoms with Crippen molar-refractivity contribution in [3.8, 4) is 0 Å². The van der Waals surface area contributed by atoms with E-state index in [-0.39, 0.29) is 5.83 Å². The summed E-state index contributed by atoms with van der Waals surface area (Å²) in [5.74, 6) is 2.31. The molecule has 0 atom stereocenters. The van der Waals surface area contributed by atoms with E-state index in [1.807, 2.05) is 0 Å². The van der Waals surface area contributed by atoms with Gasteiger partial charge in [0.1, 0.15) is 0 Å². The summed E-state index contributed by atoms with van der Waals surface area (Å²) in [6.45, 7) is 4.26. The predicted molar refractivity (Wildman–Crippen MR) is 58.8 cm³/mol. The van der Waals surface area contributed by atoms with Crippen molar-refractivity contribution < 1.29 is 4.39 Å². The third-order valence-corrected chi connectivity index (χ3v) is 3.98. The van der Waals surface area contributed by atoms with Gasteiger partial charge in [-0.05, 0) is 0 Å². The van der Waals surface area contributed by atoms with Crippen LogP contribution in [0.3, 0.4) is 0 Å². The van der Waals surface area contributed by atoms with E-state index in [2.05, 4.69) is 19.7 Å². The second-order valence-electron chi connectivity index (χ2n) is 3.24. The van der Waals surface area contributed by atoms with Crippen LogP contribution in [0.2, 0.25) is 5.82 Å². The van der Waals surface area contributed by atoms with Crippen LogP contribution in [0.15, 0.2) is 10.3 Å². The summed E-state index contributed by atoms with van der Waals surface area (Å²) in [7, 11) is 0. The molecule has 0 nitrogen and oxygen atoms in total. The number of unbranched alkanes of at least 4 members (excludes halogenated alkanes) is 2. The first-order valence-corrected chi connectivity index (χ1v) is 7.74. The molecule has 0 spiro atoms. The van der Waals surface area contributed by atoms with Gasteiger partial charge in [-0.3, -0.25) is 0 Å². The van der Waals surface area contributed by atoms with Crippen molar-refractivity contribution in [1.29, 1.82) is 0 Å². The number of hydrogen-bond donors (Lipinski definition) is 0. The minimum absolute atomic E-state index is 0.192. The average molecular weight is 251 g/mol. The second kappa shape index (κ2) is 8.77. The fraction of sp³-hybridized carbons (Fsp3) is 0.818. The zero-order valence-electron chi connectivity index (χ0n) is 9.03. The molecule has 78 valence electrons. The summed E-state index contributed by atoms with van der Waals surface area (Å²) in [5, 5.41) is 0. The molecule has 0 heterocycles. The molecule has 0 amide bonds. The fourth-order valence-electron chi connectivity index (χ4n) is 1.16. The fourth-order valence-corrected chi connectivity index (χ4v) is 2.57. The van der Waals surface area contributed by atoms with Gasteiger partial charge in [0.2, 0.25) is 0 Å². The first kappa shape index (κ1) is 13.2. The topological polar surface area (TPSA) is 0 Å². The molecule has 0 fully saturated rings. The second-order valence-corrected chi connectivity index (χ2v) is 5.13. The molecule has 0 saturated carbocycles. The van der Waals surface area contributed by atoms with Gasteiger partial charge in [-0.1, -0.05) is 0 Å². The van der Waals surface area contributed by atoms with Crippen LogP contribution in [0.4, 0.5) is 4.39 Å².